The molecule has 0 heterocycles. The van der Waals surface area contributed by atoms with Gasteiger partial charge in [-0.2, -0.15) is 0 Å². The normalized spacial score (nSPS) is 11.1. The lowest BCUT2D eigenvalue weighted by Gasteiger charge is -2.14. The van der Waals surface area contributed by atoms with Crippen molar-refractivity contribution < 1.29 is 32.3 Å². The Balaban J connectivity index is 1.87. The number of nitrogens with one attached hydrogen (secondary N) is 1. The van der Waals surface area contributed by atoms with Crippen LogP contribution in [-0.2, 0) is 24.3 Å². The number of esters is 1. The first-order valence-electron chi connectivity index (χ1n) is 8.92. The maximum atomic E-state index is 12.3. The number of Topliss-reactive ketones (excluding diaryl/α,β-unsaturated/α-hetero) is 1. The Morgan fingerprint density at radius 1 is 1.03 bits per heavy atom. The number of hydrogen-bond donors (Lipinski definition) is 1. The van der Waals surface area contributed by atoms with Gasteiger partial charge in [0.25, 0.3) is 5.91 Å². The van der Waals surface area contributed by atoms with Crippen LogP contribution in [0.25, 0.3) is 0 Å². The Morgan fingerprint density at radius 2 is 1.68 bits per heavy atom. The van der Waals surface area contributed by atoms with E-state index in [1.54, 1.807) is 12.1 Å². The molecule has 0 saturated carbocycles. The second-order valence-corrected chi connectivity index (χ2v) is 9.04. The Morgan fingerprint density at radius 3 is 2.26 bits per heavy atom. The summed E-state index contributed by atoms with van der Waals surface area (Å²) in [5.74, 6) is -1.18. The minimum atomic E-state index is -3.80. The number of carbonyl (C=O) groups is 3. The highest BCUT2D eigenvalue weighted by atomic mass is 35.5. The third-order valence-electron chi connectivity index (χ3n) is 3.96. The molecule has 1 amide bonds. The van der Waals surface area contributed by atoms with Crippen LogP contribution in [0.5, 0.6) is 5.75 Å². The second-order valence-electron chi connectivity index (χ2n) is 6.51. The molecule has 9 nitrogen and oxygen atoms in total. The standard InChI is InChI=1S/C20H21ClN2O7S/c1-13(24)14-4-7-16(8-5-14)29-12-20(26)30-11-19(25)22-15-6-9-17(21)18(10-15)31(27,28)23(2)3/h4-10H,11-12H2,1-3H3,(H,22,25). The van der Waals surface area contributed by atoms with Gasteiger partial charge in [-0.05, 0) is 49.4 Å². The molecule has 0 fully saturated rings. The van der Waals surface area contributed by atoms with Gasteiger partial charge in [0.05, 0.1) is 5.02 Å². The summed E-state index contributed by atoms with van der Waals surface area (Å²) >= 11 is 5.95. The molecule has 0 spiro atoms. The van der Waals surface area contributed by atoms with Gasteiger partial charge in [0.15, 0.2) is 19.0 Å². The Bertz CT molecular complexity index is 1080. The molecule has 0 unspecified atom stereocenters. The number of nitrogens with zero attached hydrogens (tertiary/aromatic N) is 1. The molecule has 0 aliphatic carbocycles. The van der Waals surface area contributed by atoms with Gasteiger partial charge in [0.2, 0.25) is 10.0 Å². The number of rotatable bonds is 9. The van der Waals surface area contributed by atoms with E-state index in [0.717, 1.165) is 4.31 Å². The molecule has 2 aromatic carbocycles. The van der Waals surface area contributed by atoms with Gasteiger partial charge in [-0.3, -0.25) is 9.59 Å². The first kappa shape index (κ1) is 24.3. The number of ketones is 1. The highest BCUT2D eigenvalue weighted by Gasteiger charge is 2.21. The molecule has 0 bridgehead atoms. The van der Waals surface area contributed by atoms with E-state index < -0.39 is 35.1 Å². The van der Waals surface area contributed by atoms with Gasteiger partial charge in [-0.25, -0.2) is 17.5 Å². The number of hydrogen-bond acceptors (Lipinski definition) is 7. The number of carbonyl (C=O) groups excluding carboxylic acids is 3. The van der Waals surface area contributed by atoms with Gasteiger partial charge < -0.3 is 14.8 Å². The molecule has 1 N–H and O–H groups in total. The molecular weight excluding hydrogens is 448 g/mol. The molecule has 2 aromatic rings. The van der Waals surface area contributed by atoms with Gasteiger partial charge in [0, 0.05) is 25.3 Å². The molecule has 11 heteroatoms. The van der Waals surface area contributed by atoms with Crippen molar-refractivity contribution in [3.8, 4) is 5.75 Å². The fourth-order valence-electron chi connectivity index (χ4n) is 2.29. The molecule has 31 heavy (non-hydrogen) atoms. The third kappa shape index (κ3) is 6.78. The molecule has 0 radical (unpaired) electrons. The molecule has 0 saturated heterocycles. The quantitative estimate of drug-likeness (QED) is 0.443. The minimum Gasteiger partial charge on any atom is -0.482 e. The van der Waals surface area contributed by atoms with E-state index in [4.69, 9.17) is 21.1 Å². The number of sulfonamides is 1. The van der Waals surface area contributed by atoms with Crippen LogP contribution < -0.4 is 10.1 Å². The molecule has 0 atom stereocenters. The van der Waals surface area contributed by atoms with Crippen LogP contribution in [0.4, 0.5) is 5.69 Å². The molecule has 0 aliphatic rings. The zero-order valence-corrected chi connectivity index (χ0v) is 18.6. The molecular formula is C20H21ClN2O7S. The maximum absolute atomic E-state index is 12.3. The molecule has 0 aromatic heterocycles. The number of halogens is 1. The third-order valence-corrected chi connectivity index (χ3v) is 6.25. The summed E-state index contributed by atoms with van der Waals surface area (Å²) in [6, 6.07) is 10.2. The average Bonchev–Trinajstić information content (AvgIpc) is 2.72. The second kappa shape index (κ2) is 10.4. The van der Waals surface area contributed by atoms with Crippen molar-refractivity contribution in [2.24, 2.45) is 0 Å². The highest BCUT2D eigenvalue weighted by molar-refractivity contribution is 7.89. The molecule has 0 aliphatic heterocycles. The summed E-state index contributed by atoms with van der Waals surface area (Å²) < 4.78 is 35.6. The molecule has 166 valence electrons. The number of anilines is 1. The number of ether oxygens (including phenoxy) is 2. The van der Waals surface area contributed by atoms with Crippen LogP contribution in [0.15, 0.2) is 47.4 Å². The summed E-state index contributed by atoms with van der Waals surface area (Å²) in [4.78, 5) is 34.8. The highest BCUT2D eigenvalue weighted by Crippen LogP contribution is 2.26. The Hall–Kier alpha value is -2.95. The summed E-state index contributed by atoms with van der Waals surface area (Å²) in [5.41, 5.74) is 0.683. The smallest absolute Gasteiger partial charge is 0.344 e. The van der Waals surface area contributed by atoms with E-state index >= 15 is 0 Å². The van der Waals surface area contributed by atoms with E-state index in [1.807, 2.05) is 0 Å². The lowest BCUT2D eigenvalue weighted by atomic mass is 10.1. The van der Waals surface area contributed by atoms with Gasteiger partial charge >= 0.3 is 5.97 Å². The summed E-state index contributed by atoms with van der Waals surface area (Å²) in [6.07, 6.45) is 0. The topological polar surface area (TPSA) is 119 Å². The zero-order valence-electron chi connectivity index (χ0n) is 17.0. The van der Waals surface area contributed by atoms with Gasteiger partial charge in [0.1, 0.15) is 10.6 Å². The monoisotopic (exact) mass is 468 g/mol. The predicted octanol–water partition coefficient (Wildman–Crippen LogP) is 2.35. The fourth-order valence-corrected chi connectivity index (χ4v) is 3.68. The van der Waals surface area contributed by atoms with Crippen LogP contribution in [-0.4, -0.2) is 57.7 Å². The lowest BCUT2D eigenvalue weighted by molar-refractivity contribution is -0.149. The van der Waals surface area contributed by atoms with Crippen molar-refractivity contribution in [2.45, 2.75) is 11.8 Å². The van der Waals surface area contributed by atoms with E-state index in [1.165, 1.54) is 51.4 Å². The maximum Gasteiger partial charge on any atom is 0.344 e. The van der Waals surface area contributed by atoms with Crippen molar-refractivity contribution in [1.82, 2.24) is 4.31 Å². The first-order valence-corrected chi connectivity index (χ1v) is 10.7. The van der Waals surface area contributed by atoms with Crippen molar-refractivity contribution in [1.29, 1.82) is 0 Å². The number of benzene rings is 2. The van der Waals surface area contributed by atoms with Crippen molar-refractivity contribution in [3.05, 3.63) is 53.1 Å². The van der Waals surface area contributed by atoms with Crippen LogP contribution in [0.1, 0.15) is 17.3 Å². The largest absolute Gasteiger partial charge is 0.482 e. The minimum absolute atomic E-state index is 0.00612. The van der Waals surface area contributed by atoms with Gasteiger partial charge in [-0.1, -0.05) is 11.6 Å². The summed E-state index contributed by atoms with van der Waals surface area (Å²) in [6.45, 7) is 0.410. The van der Waals surface area contributed by atoms with Crippen LogP contribution in [0, 0.1) is 0 Å². The average molecular weight is 469 g/mol. The van der Waals surface area contributed by atoms with E-state index in [-0.39, 0.29) is 21.4 Å². The van der Waals surface area contributed by atoms with Crippen LogP contribution >= 0.6 is 11.6 Å². The SMILES string of the molecule is CC(=O)c1ccc(OCC(=O)OCC(=O)Nc2ccc(Cl)c(S(=O)(=O)N(C)C)c2)cc1. The predicted molar refractivity (Wildman–Crippen MR) is 114 cm³/mol. The van der Waals surface area contributed by atoms with Gasteiger partial charge in [-0.15, -0.1) is 0 Å². The van der Waals surface area contributed by atoms with Crippen molar-refractivity contribution in [2.75, 3.05) is 32.6 Å². The number of amides is 1. The molecule has 2 rings (SSSR count). The fraction of sp³-hybridized carbons (Fsp3) is 0.250. The summed E-state index contributed by atoms with van der Waals surface area (Å²) in [5, 5.41) is 2.44. The van der Waals surface area contributed by atoms with E-state index in [0.29, 0.717) is 11.3 Å². The Kier molecular flexibility index (Phi) is 8.14. The van der Waals surface area contributed by atoms with Crippen molar-refractivity contribution >= 4 is 45.0 Å². The summed E-state index contributed by atoms with van der Waals surface area (Å²) in [7, 11) is -1.09. The Labute approximate surface area is 184 Å². The zero-order chi connectivity index (χ0) is 23.2. The van der Waals surface area contributed by atoms with Crippen molar-refractivity contribution in [3.63, 3.8) is 0 Å². The first-order chi connectivity index (χ1) is 14.5. The lowest BCUT2D eigenvalue weighted by Crippen LogP contribution is -2.24. The van der Waals surface area contributed by atoms with Crippen LogP contribution in [0.3, 0.4) is 0 Å². The van der Waals surface area contributed by atoms with E-state index in [9.17, 15) is 22.8 Å². The van der Waals surface area contributed by atoms with E-state index in [2.05, 4.69) is 5.32 Å². The van der Waals surface area contributed by atoms with Crippen LogP contribution in [0.2, 0.25) is 5.02 Å².